The van der Waals surface area contributed by atoms with Crippen molar-refractivity contribution in [2.24, 2.45) is 7.05 Å². The molecule has 25 heavy (non-hydrogen) atoms. The van der Waals surface area contributed by atoms with Crippen molar-refractivity contribution in [3.63, 3.8) is 0 Å². The van der Waals surface area contributed by atoms with Crippen LogP contribution in [-0.4, -0.2) is 23.6 Å². The number of hydrogen-bond donors (Lipinski definition) is 1. The minimum atomic E-state index is -0.381. The summed E-state index contributed by atoms with van der Waals surface area (Å²) in [6.07, 6.45) is 0.658. The number of ether oxygens (including phenoxy) is 1. The van der Waals surface area contributed by atoms with Crippen molar-refractivity contribution < 1.29 is 13.9 Å². The summed E-state index contributed by atoms with van der Waals surface area (Å²) in [7, 11) is 1.67. The number of rotatable bonds is 6. The van der Waals surface area contributed by atoms with E-state index in [1.54, 1.807) is 13.1 Å². The van der Waals surface area contributed by atoms with Gasteiger partial charge in [-0.1, -0.05) is 24.3 Å². The normalized spacial score (nSPS) is 10.8. The van der Waals surface area contributed by atoms with Crippen LogP contribution < -0.4 is 15.8 Å². The van der Waals surface area contributed by atoms with Crippen LogP contribution in [0.15, 0.2) is 51.7 Å². The van der Waals surface area contributed by atoms with Crippen molar-refractivity contribution in [3.8, 4) is 5.75 Å². The van der Waals surface area contributed by atoms with Gasteiger partial charge in [-0.15, -0.1) is 0 Å². The number of nitrogens with zero attached hydrogens (tertiary/aromatic N) is 1. The van der Waals surface area contributed by atoms with E-state index >= 15 is 0 Å². The molecule has 3 aromatic rings. The summed E-state index contributed by atoms with van der Waals surface area (Å²) in [6.45, 7) is 2.42. The maximum atomic E-state index is 11.9. The molecule has 3 rings (SSSR count). The van der Waals surface area contributed by atoms with Crippen LogP contribution in [0.5, 0.6) is 5.75 Å². The van der Waals surface area contributed by atoms with Crippen molar-refractivity contribution in [3.05, 3.63) is 64.1 Å². The van der Waals surface area contributed by atoms with Crippen LogP contribution in [-0.2, 0) is 18.3 Å². The number of fused-ring (bicyclic) bond motifs is 1. The molecule has 1 N–H and O–H groups in total. The van der Waals surface area contributed by atoms with E-state index in [0.717, 1.165) is 16.6 Å². The van der Waals surface area contributed by atoms with E-state index < -0.39 is 0 Å². The first-order valence-electron chi connectivity index (χ1n) is 8.08. The van der Waals surface area contributed by atoms with Gasteiger partial charge >= 0.3 is 5.76 Å². The van der Waals surface area contributed by atoms with E-state index in [0.29, 0.717) is 24.3 Å². The lowest BCUT2D eigenvalue weighted by Crippen LogP contribution is -2.30. The Balaban J connectivity index is 1.51. The first kappa shape index (κ1) is 16.8. The van der Waals surface area contributed by atoms with E-state index in [1.807, 2.05) is 43.3 Å². The summed E-state index contributed by atoms with van der Waals surface area (Å²) in [5.74, 6) is 0.165. The zero-order chi connectivity index (χ0) is 17.8. The molecule has 1 amide bonds. The highest BCUT2D eigenvalue weighted by molar-refractivity contribution is 5.77. The second-order valence-electron chi connectivity index (χ2n) is 5.88. The van der Waals surface area contributed by atoms with Gasteiger partial charge in [0.15, 0.2) is 12.2 Å². The lowest BCUT2D eigenvalue weighted by Gasteiger charge is -2.09. The number of para-hydroxylation sites is 1. The number of carbonyl (C=O) groups is 1. The van der Waals surface area contributed by atoms with Gasteiger partial charge in [-0.25, -0.2) is 4.79 Å². The van der Waals surface area contributed by atoms with Gasteiger partial charge in [-0.3, -0.25) is 9.36 Å². The van der Waals surface area contributed by atoms with Crippen molar-refractivity contribution >= 4 is 17.0 Å². The Labute approximate surface area is 145 Å². The quantitative estimate of drug-likeness (QED) is 0.746. The first-order valence-corrected chi connectivity index (χ1v) is 8.08. The van der Waals surface area contributed by atoms with E-state index in [2.05, 4.69) is 5.32 Å². The minimum Gasteiger partial charge on any atom is -0.484 e. The summed E-state index contributed by atoms with van der Waals surface area (Å²) in [6, 6.07) is 13.1. The molecule has 6 nitrogen and oxygen atoms in total. The maximum absolute atomic E-state index is 11.9. The molecule has 1 aromatic heterocycles. The van der Waals surface area contributed by atoms with Crippen LogP contribution in [0.25, 0.3) is 11.1 Å². The lowest BCUT2D eigenvalue weighted by atomic mass is 10.1. The smallest absolute Gasteiger partial charge is 0.419 e. The van der Waals surface area contributed by atoms with Crippen molar-refractivity contribution in [1.29, 1.82) is 0 Å². The largest absolute Gasteiger partial charge is 0.484 e. The fourth-order valence-electron chi connectivity index (χ4n) is 2.59. The van der Waals surface area contributed by atoms with Gasteiger partial charge in [0, 0.05) is 13.6 Å². The Kier molecular flexibility index (Phi) is 4.88. The number of nitrogens with one attached hydrogen (secondary N) is 1. The van der Waals surface area contributed by atoms with Gasteiger partial charge in [-0.2, -0.15) is 0 Å². The summed E-state index contributed by atoms with van der Waals surface area (Å²) in [4.78, 5) is 23.4. The number of aryl methyl sites for hydroxylation is 2. The summed E-state index contributed by atoms with van der Waals surface area (Å²) >= 11 is 0. The van der Waals surface area contributed by atoms with Gasteiger partial charge in [-0.05, 0) is 42.7 Å². The molecular formula is C19H20N2O4. The molecule has 0 saturated carbocycles. The summed E-state index contributed by atoms with van der Waals surface area (Å²) < 4.78 is 12.1. The predicted molar refractivity (Wildman–Crippen MR) is 94.8 cm³/mol. The van der Waals surface area contributed by atoms with E-state index in [9.17, 15) is 9.59 Å². The van der Waals surface area contributed by atoms with Gasteiger partial charge in [0.2, 0.25) is 0 Å². The minimum absolute atomic E-state index is 0.0138. The van der Waals surface area contributed by atoms with Gasteiger partial charge < -0.3 is 14.5 Å². The number of amides is 1. The summed E-state index contributed by atoms with van der Waals surface area (Å²) in [5.41, 5.74) is 3.32. The number of benzene rings is 2. The Morgan fingerprint density at radius 2 is 2.04 bits per heavy atom. The topological polar surface area (TPSA) is 73.5 Å². The number of aromatic nitrogens is 1. The van der Waals surface area contributed by atoms with Gasteiger partial charge in [0.1, 0.15) is 5.75 Å². The highest BCUT2D eigenvalue weighted by Gasteiger charge is 2.07. The molecule has 0 fully saturated rings. The number of hydrogen-bond acceptors (Lipinski definition) is 4. The van der Waals surface area contributed by atoms with Crippen molar-refractivity contribution in [2.75, 3.05) is 13.2 Å². The average molecular weight is 340 g/mol. The van der Waals surface area contributed by atoms with Crippen LogP contribution in [0.3, 0.4) is 0 Å². The Morgan fingerprint density at radius 3 is 2.84 bits per heavy atom. The highest BCUT2D eigenvalue weighted by atomic mass is 16.5. The molecule has 0 bridgehead atoms. The third kappa shape index (κ3) is 3.91. The molecule has 130 valence electrons. The van der Waals surface area contributed by atoms with Crippen LogP contribution in [0.1, 0.15) is 11.1 Å². The van der Waals surface area contributed by atoms with Crippen LogP contribution in [0.4, 0.5) is 0 Å². The van der Waals surface area contributed by atoms with E-state index in [-0.39, 0.29) is 18.3 Å². The predicted octanol–water partition coefficient (Wildman–Crippen LogP) is 2.18. The van der Waals surface area contributed by atoms with Crippen LogP contribution in [0, 0.1) is 6.92 Å². The van der Waals surface area contributed by atoms with Crippen LogP contribution >= 0.6 is 0 Å². The molecule has 0 radical (unpaired) electrons. The fourth-order valence-corrected chi connectivity index (χ4v) is 2.59. The number of oxazole rings is 1. The standard InChI is InChI=1S/C19H20N2O4/c1-13-5-3-4-6-16(13)24-12-18(22)20-10-9-14-7-8-17-15(11-14)21(2)19(23)25-17/h3-8,11H,9-10,12H2,1-2H3,(H,20,22). The molecule has 0 aliphatic carbocycles. The Bertz CT molecular complexity index is 955. The molecule has 1 heterocycles. The maximum Gasteiger partial charge on any atom is 0.419 e. The molecule has 0 aliphatic rings. The van der Waals surface area contributed by atoms with E-state index in [1.165, 1.54) is 4.57 Å². The molecule has 0 spiro atoms. The van der Waals surface area contributed by atoms with Crippen LogP contribution in [0.2, 0.25) is 0 Å². The zero-order valence-corrected chi connectivity index (χ0v) is 14.2. The summed E-state index contributed by atoms with van der Waals surface area (Å²) in [5, 5.41) is 2.83. The lowest BCUT2D eigenvalue weighted by molar-refractivity contribution is -0.123. The van der Waals surface area contributed by atoms with E-state index in [4.69, 9.17) is 9.15 Å². The zero-order valence-electron chi connectivity index (χ0n) is 14.2. The highest BCUT2D eigenvalue weighted by Crippen LogP contribution is 2.16. The molecule has 0 unspecified atom stereocenters. The average Bonchev–Trinajstić information content (AvgIpc) is 2.88. The molecule has 0 saturated heterocycles. The second kappa shape index (κ2) is 7.25. The fraction of sp³-hybridized carbons (Fsp3) is 0.263. The Hall–Kier alpha value is -3.02. The molecule has 6 heteroatoms. The third-order valence-electron chi connectivity index (χ3n) is 4.04. The molecule has 2 aromatic carbocycles. The van der Waals surface area contributed by atoms with Crippen molar-refractivity contribution in [1.82, 2.24) is 9.88 Å². The second-order valence-corrected chi connectivity index (χ2v) is 5.88. The van der Waals surface area contributed by atoms with Gasteiger partial charge in [0.25, 0.3) is 5.91 Å². The Morgan fingerprint density at radius 1 is 1.24 bits per heavy atom. The van der Waals surface area contributed by atoms with Gasteiger partial charge in [0.05, 0.1) is 5.52 Å². The molecule has 0 aliphatic heterocycles. The van der Waals surface area contributed by atoms with Crippen molar-refractivity contribution in [2.45, 2.75) is 13.3 Å². The SMILES string of the molecule is Cc1ccccc1OCC(=O)NCCc1ccc2oc(=O)n(C)c2c1. The molecule has 0 atom stereocenters. The third-order valence-corrected chi connectivity index (χ3v) is 4.04. The monoisotopic (exact) mass is 340 g/mol. The number of carbonyl (C=O) groups excluding carboxylic acids is 1. The first-order chi connectivity index (χ1) is 12.0. The molecular weight excluding hydrogens is 320 g/mol.